The maximum absolute atomic E-state index is 5.48. The third-order valence-electron chi connectivity index (χ3n) is 3.87. The molecule has 0 unspecified atom stereocenters. The number of hydrogen-bond acceptors (Lipinski definition) is 4. The average molecular weight is 247 g/mol. The zero-order valence-electron chi connectivity index (χ0n) is 10.7. The van der Waals surface area contributed by atoms with Crippen molar-refractivity contribution in [3.63, 3.8) is 0 Å². The van der Waals surface area contributed by atoms with E-state index in [0.29, 0.717) is 0 Å². The molecule has 0 radical (unpaired) electrons. The Morgan fingerprint density at radius 3 is 2.94 bits per heavy atom. The zero-order chi connectivity index (χ0) is 12.2. The highest BCUT2D eigenvalue weighted by atomic mass is 16.8. The highest BCUT2D eigenvalue weighted by Gasteiger charge is 2.20. The summed E-state index contributed by atoms with van der Waals surface area (Å²) in [5.41, 5.74) is 5.18. The molecule has 2 N–H and O–H groups in total. The van der Waals surface area contributed by atoms with Gasteiger partial charge < -0.3 is 5.32 Å². The molecule has 98 valence electrons. The molecule has 0 bridgehead atoms. The van der Waals surface area contributed by atoms with E-state index in [2.05, 4.69) is 22.9 Å². The zero-order valence-corrected chi connectivity index (χ0v) is 10.7. The van der Waals surface area contributed by atoms with Gasteiger partial charge >= 0.3 is 0 Å². The fraction of sp³-hybridized carbons (Fsp3) is 0.571. The first-order valence-corrected chi connectivity index (χ1v) is 6.94. The number of hydroxylamine groups is 1. The fourth-order valence-corrected chi connectivity index (χ4v) is 2.79. The molecule has 0 atom stereocenters. The highest BCUT2D eigenvalue weighted by molar-refractivity contribution is 5.70. The van der Waals surface area contributed by atoms with E-state index in [1.54, 1.807) is 0 Å². The molecule has 2 aliphatic heterocycles. The number of fused-ring (bicyclic) bond motifs is 1. The number of nitrogens with one attached hydrogen (secondary N) is 2. The predicted octanol–water partition coefficient (Wildman–Crippen LogP) is 2.54. The number of hydrogen-bond donors (Lipinski definition) is 2. The normalized spacial score (nSPS) is 19.7. The van der Waals surface area contributed by atoms with E-state index in [-0.39, 0.29) is 0 Å². The quantitative estimate of drug-likeness (QED) is 0.857. The van der Waals surface area contributed by atoms with Gasteiger partial charge in [-0.25, -0.2) is 10.5 Å². The molecule has 1 saturated heterocycles. The summed E-state index contributed by atoms with van der Waals surface area (Å²) in [6.07, 6.45) is 5.16. The summed E-state index contributed by atoms with van der Waals surface area (Å²) in [5, 5.41) is 5.38. The van der Waals surface area contributed by atoms with Gasteiger partial charge in [-0.2, -0.15) is 4.94 Å². The van der Waals surface area contributed by atoms with E-state index in [0.717, 1.165) is 23.8 Å². The summed E-state index contributed by atoms with van der Waals surface area (Å²) >= 11 is 0. The molecule has 0 aromatic heterocycles. The van der Waals surface area contributed by atoms with E-state index in [1.807, 2.05) is 17.2 Å². The second-order valence-electron chi connectivity index (χ2n) is 5.15. The predicted molar refractivity (Wildman–Crippen MR) is 73.3 cm³/mol. The van der Waals surface area contributed by atoms with Gasteiger partial charge in [-0.1, -0.05) is 12.1 Å². The number of benzene rings is 1. The van der Waals surface area contributed by atoms with Gasteiger partial charge in [0.2, 0.25) is 0 Å². The van der Waals surface area contributed by atoms with Crippen LogP contribution in [0.3, 0.4) is 0 Å². The van der Waals surface area contributed by atoms with Crippen LogP contribution in [0.2, 0.25) is 0 Å². The van der Waals surface area contributed by atoms with Crippen molar-refractivity contribution in [3.8, 4) is 0 Å². The van der Waals surface area contributed by atoms with Crippen LogP contribution in [-0.2, 0) is 4.94 Å². The molecule has 0 amide bonds. The number of anilines is 2. The lowest BCUT2D eigenvalue weighted by Crippen LogP contribution is -2.28. The first kappa shape index (κ1) is 11.8. The lowest BCUT2D eigenvalue weighted by molar-refractivity contribution is 0.176. The van der Waals surface area contributed by atoms with E-state index < -0.39 is 0 Å². The van der Waals surface area contributed by atoms with Crippen molar-refractivity contribution in [1.29, 1.82) is 0 Å². The molecule has 1 aromatic carbocycles. The molecular formula is C14H21N3O. The van der Waals surface area contributed by atoms with Crippen LogP contribution in [0.1, 0.15) is 25.7 Å². The second-order valence-corrected chi connectivity index (χ2v) is 5.15. The van der Waals surface area contributed by atoms with Gasteiger partial charge in [0.15, 0.2) is 0 Å². The van der Waals surface area contributed by atoms with Crippen molar-refractivity contribution in [1.82, 2.24) is 5.32 Å². The van der Waals surface area contributed by atoms with Crippen LogP contribution in [-0.4, -0.2) is 19.6 Å². The van der Waals surface area contributed by atoms with Crippen molar-refractivity contribution in [2.24, 2.45) is 5.92 Å². The monoisotopic (exact) mass is 247 g/mol. The summed E-state index contributed by atoms with van der Waals surface area (Å²) in [7, 11) is 0. The van der Waals surface area contributed by atoms with Crippen molar-refractivity contribution in [2.75, 3.05) is 30.2 Å². The lowest BCUT2D eigenvalue weighted by Gasteiger charge is -2.23. The Bertz CT molecular complexity index is 390. The number of rotatable bonds is 4. The minimum atomic E-state index is 0.900. The first-order valence-electron chi connectivity index (χ1n) is 6.94. The third-order valence-corrected chi connectivity index (χ3v) is 3.87. The van der Waals surface area contributed by atoms with Crippen molar-refractivity contribution < 1.29 is 4.94 Å². The molecule has 18 heavy (non-hydrogen) atoms. The van der Waals surface area contributed by atoms with E-state index in [9.17, 15) is 0 Å². The Morgan fingerprint density at radius 2 is 2.06 bits per heavy atom. The summed E-state index contributed by atoms with van der Waals surface area (Å²) in [6, 6.07) is 8.21. The molecule has 1 aromatic rings. The largest absolute Gasteiger partial charge is 0.317 e. The van der Waals surface area contributed by atoms with Gasteiger partial charge in [0.25, 0.3) is 0 Å². The third kappa shape index (κ3) is 2.60. The highest BCUT2D eigenvalue weighted by Crippen LogP contribution is 2.31. The maximum Gasteiger partial charge on any atom is 0.0916 e. The Morgan fingerprint density at radius 1 is 1.22 bits per heavy atom. The second kappa shape index (κ2) is 5.59. The van der Waals surface area contributed by atoms with Gasteiger partial charge in [-0.05, 0) is 56.8 Å². The molecule has 3 rings (SSSR count). The van der Waals surface area contributed by atoms with Crippen LogP contribution in [0, 0.1) is 5.92 Å². The van der Waals surface area contributed by atoms with Gasteiger partial charge in [0, 0.05) is 6.54 Å². The lowest BCUT2D eigenvalue weighted by atomic mass is 9.93. The summed E-state index contributed by atoms with van der Waals surface area (Å²) in [6.45, 7) is 3.35. The van der Waals surface area contributed by atoms with Crippen LogP contribution in [0.5, 0.6) is 0 Å². The van der Waals surface area contributed by atoms with Crippen molar-refractivity contribution >= 4 is 11.4 Å². The molecule has 2 aliphatic rings. The molecule has 4 nitrogen and oxygen atoms in total. The molecule has 2 heterocycles. The Balaban J connectivity index is 1.47. The van der Waals surface area contributed by atoms with Gasteiger partial charge in [0.1, 0.15) is 0 Å². The van der Waals surface area contributed by atoms with Crippen LogP contribution >= 0.6 is 0 Å². The Kier molecular flexibility index (Phi) is 3.67. The van der Waals surface area contributed by atoms with E-state index in [4.69, 9.17) is 4.94 Å². The Hall–Kier alpha value is -1.26. The number of nitrogens with zero attached hydrogens (tertiary/aromatic N) is 1. The SMILES string of the molecule is c1ccc2c(c1)NON2CCCC1CCNCC1. The van der Waals surface area contributed by atoms with E-state index >= 15 is 0 Å². The molecule has 0 spiro atoms. The average Bonchev–Trinajstić information content (AvgIpc) is 2.84. The van der Waals surface area contributed by atoms with Crippen molar-refractivity contribution in [3.05, 3.63) is 24.3 Å². The Labute approximate surface area is 108 Å². The van der Waals surface area contributed by atoms with Gasteiger partial charge in [-0.3, -0.25) is 0 Å². The number of para-hydroxylation sites is 2. The summed E-state index contributed by atoms with van der Waals surface area (Å²) in [5.74, 6) is 0.900. The van der Waals surface area contributed by atoms with Crippen LogP contribution in [0.4, 0.5) is 11.4 Å². The van der Waals surface area contributed by atoms with Crippen LogP contribution in [0.25, 0.3) is 0 Å². The minimum absolute atomic E-state index is 0.900. The van der Waals surface area contributed by atoms with Crippen LogP contribution in [0.15, 0.2) is 24.3 Å². The van der Waals surface area contributed by atoms with E-state index in [1.165, 1.54) is 38.8 Å². The topological polar surface area (TPSA) is 36.5 Å². The summed E-state index contributed by atoms with van der Waals surface area (Å²) in [4.78, 5) is 5.48. The van der Waals surface area contributed by atoms with Crippen LogP contribution < -0.4 is 15.9 Å². The smallest absolute Gasteiger partial charge is 0.0916 e. The summed E-state index contributed by atoms with van der Waals surface area (Å²) < 4.78 is 0. The van der Waals surface area contributed by atoms with Gasteiger partial charge in [-0.15, -0.1) is 0 Å². The maximum atomic E-state index is 5.48. The minimum Gasteiger partial charge on any atom is -0.317 e. The molecule has 0 aliphatic carbocycles. The molecule has 0 saturated carbocycles. The first-order chi connectivity index (χ1) is 8.93. The van der Waals surface area contributed by atoms with Gasteiger partial charge in [0.05, 0.1) is 11.4 Å². The number of piperidine rings is 1. The molecular weight excluding hydrogens is 226 g/mol. The standard InChI is InChI=1S/C14H21N3O/c1-2-6-14-13(5-1)16-18-17(14)11-3-4-12-7-9-15-10-8-12/h1-2,5-6,12,15-16H,3-4,7-11H2. The molecule has 4 heteroatoms. The van der Waals surface area contributed by atoms with Crippen molar-refractivity contribution in [2.45, 2.75) is 25.7 Å². The molecule has 1 fully saturated rings. The fourth-order valence-electron chi connectivity index (χ4n) is 2.79.